The second kappa shape index (κ2) is 30.6. The number of aliphatic hydroxyl groups is 2. The first kappa shape index (κ1) is 79.0. The molecule has 0 aliphatic carbocycles. The summed E-state index contributed by atoms with van der Waals surface area (Å²) < 4.78 is 47.6. The molecule has 0 bridgehead atoms. The average Bonchev–Trinajstić information content (AvgIpc) is 1.46. The molecule has 0 aromatic heterocycles. The van der Waals surface area contributed by atoms with Gasteiger partial charge >= 0.3 is 35.8 Å². The molecule has 102 heavy (non-hydrogen) atoms. The number of benzene rings is 6. The van der Waals surface area contributed by atoms with Crippen LogP contribution in [0.4, 0.5) is 0 Å². The molecular formula is C74H74Cl8N2O18. The van der Waals surface area contributed by atoms with Gasteiger partial charge in [-0.3, -0.25) is 28.8 Å². The van der Waals surface area contributed by atoms with E-state index in [2.05, 4.69) is 10.6 Å². The van der Waals surface area contributed by atoms with Crippen molar-refractivity contribution in [3.63, 3.8) is 0 Å². The molecule has 4 aliphatic heterocycles. The van der Waals surface area contributed by atoms with Gasteiger partial charge in [0.15, 0.2) is 34.2 Å². The smallest absolute Gasteiger partial charge is 0.341 e. The lowest BCUT2D eigenvalue weighted by Crippen LogP contribution is -2.34. The van der Waals surface area contributed by atoms with Crippen molar-refractivity contribution < 1.29 is 86.5 Å². The van der Waals surface area contributed by atoms with E-state index in [1.807, 2.05) is 0 Å². The van der Waals surface area contributed by atoms with E-state index in [0.717, 1.165) is 25.7 Å². The van der Waals surface area contributed by atoms with E-state index in [9.17, 15) is 38.4 Å². The molecule has 544 valence electrons. The predicted molar refractivity (Wildman–Crippen MR) is 386 cm³/mol. The van der Waals surface area contributed by atoms with Crippen LogP contribution in [0.15, 0.2) is 60.7 Å². The van der Waals surface area contributed by atoms with Crippen molar-refractivity contribution in [3.05, 3.63) is 156 Å². The lowest BCUT2D eigenvalue weighted by molar-refractivity contribution is -0.143. The number of amides is 2. The zero-order valence-corrected chi connectivity index (χ0v) is 63.8. The number of ether oxygens (including phenoxy) is 8. The van der Waals surface area contributed by atoms with Crippen molar-refractivity contribution in [2.24, 2.45) is 21.7 Å². The van der Waals surface area contributed by atoms with Crippen LogP contribution in [0.25, 0.3) is 0 Å². The largest absolute Gasteiger partial charge is 0.456 e. The monoisotopic (exact) mass is 1560 g/mol. The number of halogens is 8. The summed E-state index contributed by atoms with van der Waals surface area (Å²) in [6.45, 7) is 21.0. The molecule has 0 fully saturated rings. The lowest BCUT2D eigenvalue weighted by Gasteiger charge is -2.37. The van der Waals surface area contributed by atoms with Gasteiger partial charge in [-0.1, -0.05) is 118 Å². The van der Waals surface area contributed by atoms with Gasteiger partial charge < -0.3 is 58.7 Å². The summed E-state index contributed by atoms with van der Waals surface area (Å²) in [5.74, 6) is -5.04. The molecule has 0 unspecified atom stereocenters. The zero-order chi connectivity index (χ0) is 75.3. The fraction of sp³-hybridized carbons (Fsp3) is 0.405. The topological polar surface area (TPSA) is 275 Å². The van der Waals surface area contributed by atoms with Gasteiger partial charge in [0.05, 0.1) is 84.1 Å². The molecule has 4 aliphatic rings. The Morgan fingerprint density at radius 1 is 0.382 bits per heavy atom. The van der Waals surface area contributed by atoms with E-state index in [0.29, 0.717) is 38.8 Å². The van der Waals surface area contributed by atoms with Crippen LogP contribution >= 0.6 is 92.8 Å². The van der Waals surface area contributed by atoms with Crippen molar-refractivity contribution in [1.29, 1.82) is 0 Å². The first-order valence-corrected chi connectivity index (χ1v) is 35.5. The Kier molecular flexibility index (Phi) is 23.7. The minimum Gasteiger partial charge on any atom is -0.456 e. The number of esters is 6. The van der Waals surface area contributed by atoms with Gasteiger partial charge in [0.1, 0.15) is 23.0 Å². The number of rotatable bonds is 18. The van der Waals surface area contributed by atoms with Gasteiger partial charge in [-0.05, 0) is 145 Å². The van der Waals surface area contributed by atoms with Crippen molar-refractivity contribution in [1.82, 2.24) is 10.6 Å². The van der Waals surface area contributed by atoms with Crippen molar-refractivity contribution in [2.75, 3.05) is 26.3 Å². The van der Waals surface area contributed by atoms with Crippen molar-refractivity contribution in [2.45, 2.75) is 146 Å². The lowest BCUT2D eigenvalue weighted by atomic mass is 9.77. The van der Waals surface area contributed by atoms with Gasteiger partial charge in [0, 0.05) is 83.9 Å². The molecule has 0 radical (unpaired) electrons. The first-order chi connectivity index (χ1) is 47.6. The van der Waals surface area contributed by atoms with E-state index in [4.69, 9.17) is 141 Å². The van der Waals surface area contributed by atoms with E-state index < -0.39 is 80.5 Å². The number of carbonyl (C=O) groups excluding carboxylic acids is 8. The Hall–Kier alpha value is -7.08. The predicted octanol–water partition coefficient (Wildman–Crippen LogP) is 18.1. The van der Waals surface area contributed by atoms with Gasteiger partial charge in [-0.2, -0.15) is 0 Å². The Balaban J connectivity index is 0.000000237. The van der Waals surface area contributed by atoms with Crippen molar-refractivity contribution >= 4 is 140 Å². The Labute approximate surface area is 629 Å². The highest BCUT2D eigenvalue weighted by molar-refractivity contribution is 6.41. The normalized spacial score (nSPS) is 14.2. The summed E-state index contributed by atoms with van der Waals surface area (Å²) in [6.07, 6.45) is 5.88. The number of unbranched alkanes of at least 4 members (excludes halogenated alkanes) is 6. The molecule has 0 saturated heterocycles. The number of fused-ring (bicyclic) bond motifs is 12. The van der Waals surface area contributed by atoms with Gasteiger partial charge in [0.25, 0.3) is 11.8 Å². The summed E-state index contributed by atoms with van der Waals surface area (Å²) >= 11 is 54.5. The van der Waals surface area contributed by atoms with Crippen LogP contribution < -0.4 is 39.1 Å². The van der Waals surface area contributed by atoms with Crippen LogP contribution in [0.1, 0.15) is 209 Å². The van der Waals surface area contributed by atoms with Crippen LogP contribution in [0.3, 0.4) is 0 Å². The summed E-state index contributed by atoms with van der Waals surface area (Å²) in [6, 6.07) is 13.8. The molecular weight excluding hydrogens is 1490 g/mol. The highest BCUT2D eigenvalue weighted by Gasteiger charge is 2.59. The van der Waals surface area contributed by atoms with Crippen LogP contribution in [0, 0.1) is 21.7 Å². The van der Waals surface area contributed by atoms with Crippen LogP contribution in [-0.2, 0) is 39.9 Å². The van der Waals surface area contributed by atoms with Crippen LogP contribution in [0.5, 0.6) is 46.0 Å². The molecule has 6 aromatic rings. The third-order valence-electron chi connectivity index (χ3n) is 16.6. The minimum absolute atomic E-state index is 0.0127. The summed E-state index contributed by atoms with van der Waals surface area (Å²) in [5, 5.41) is 23.1. The van der Waals surface area contributed by atoms with E-state index in [1.54, 1.807) is 83.1 Å². The van der Waals surface area contributed by atoms with Crippen LogP contribution in [0.2, 0.25) is 40.2 Å². The maximum Gasteiger partial charge on any atom is 0.341 e. The number of hydrogen-bond donors (Lipinski definition) is 4. The SMILES string of the molecule is CC(C)(C)C(=O)Oc1cc2c(cc1Cl)C1(OC(=O)c3c(Cl)c(C(=O)NCCCCCCO)cc(Cl)c31)c1cc(Cl)c(OC(=O)C(C)(C)C)cc1O2.CC(C)(C)C(=O)Oc1cc2c(cc1Cl)C1(OC(=O)c3c(Cl)cc(C(=O)NCCCCCCO)c(Cl)c31)c1cc(Cl)c(OC(=O)C(C)(C)C)cc1O2. The highest BCUT2D eigenvalue weighted by Crippen LogP contribution is 2.64. The molecule has 0 saturated carbocycles. The second-order valence-electron chi connectivity index (χ2n) is 28.7. The fourth-order valence-electron chi connectivity index (χ4n) is 11.1. The van der Waals surface area contributed by atoms with Gasteiger partial charge in [-0.25, -0.2) is 9.59 Å². The maximum atomic E-state index is 13.9. The summed E-state index contributed by atoms with van der Waals surface area (Å²) in [7, 11) is 0. The fourth-order valence-corrected chi connectivity index (χ4v) is 13.2. The molecule has 6 aromatic carbocycles. The highest BCUT2D eigenvalue weighted by atomic mass is 35.5. The Morgan fingerprint density at radius 2 is 0.676 bits per heavy atom. The van der Waals surface area contributed by atoms with E-state index >= 15 is 0 Å². The molecule has 2 spiro atoms. The maximum absolute atomic E-state index is 13.9. The summed E-state index contributed by atoms with van der Waals surface area (Å²) in [4.78, 5) is 106. The van der Waals surface area contributed by atoms with Crippen LogP contribution in [-0.4, -0.2) is 84.1 Å². The standard InChI is InChI=1S/2C37H37Cl4NO9/c1-35(2,3)33(46)49-26-16-24-19(14-21(26)38)37(20-15-22(39)27(17-25(20)48-24)50-34(47)36(4,5)6)29-23(40)13-18(30(41)28(29)32(45)51-37)31(44)42-11-9-7-8-10-12-43;1-35(2,3)33(46)49-26-16-24-19(14-21(26)38)37(20-15-22(39)27(17-25(20)48-24)50-34(47)36(4,5)6)29-28(32(45)51-37)23(40)13-18(30(29)41)31(44)42-11-9-7-8-10-12-43/h2*13-17,43H,7-12H2,1-6H3,(H,42,44). The first-order valence-electron chi connectivity index (χ1n) is 32.5. The second-order valence-corrected chi connectivity index (χ2v) is 31.9. The summed E-state index contributed by atoms with van der Waals surface area (Å²) in [5.41, 5.74) is -6.80. The average molecular weight is 1560 g/mol. The molecule has 10 rings (SSSR count). The minimum atomic E-state index is -1.94. The molecule has 0 atom stereocenters. The van der Waals surface area contributed by atoms with Crippen molar-refractivity contribution in [3.8, 4) is 46.0 Å². The zero-order valence-electron chi connectivity index (χ0n) is 57.7. The molecule has 4 N–H and O–H groups in total. The quantitative estimate of drug-likeness (QED) is 0.0353. The Morgan fingerprint density at radius 3 is 1.00 bits per heavy atom. The van der Waals surface area contributed by atoms with Gasteiger partial charge in [-0.15, -0.1) is 0 Å². The number of hydrogen-bond acceptors (Lipinski definition) is 18. The van der Waals surface area contributed by atoms with Gasteiger partial charge in [0.2, 0.25) is 0 Å². The van der Waals surface area contributed by atoms with E-state index in [-0.39, 0.29) is 155 Å². The third-order valence-corrected chi connectivity index (χ3v) is 19.2. The molecule has 28 heteroatoms. The number of carbonyl (C=O) groups is 8. The number of nitrogens with one attached hydrogen (secondary N) is 2. The Bertz CT molecular complexity index is 4280. The molecule has 2 amide bonds. The number of aliphatic hydroxyl groups excluding tert-OH is 2. The van der Waals surface area contributed by atoms with E-state index in [1.165, 1.54) is 60.7 Å². The molecule has 4 heterocycles. The third kappa shape index (κ3) is 15.8. The molecule has 20 nitrogen and oxygen atoms in total.